The Morgan fingerprint density at radius 1 is 1.50 bits per heavy atom. The van der Waals surface area contributed by atoms with Crippen LogP contribution in [0.15, 0.2) is 0 Å². The Labute approximate surface area is 83.0 Å². The molecule has 1 aliphatic heterocycles. The van der Waals surface area contributed by atoms with E-state index in [0.29, 0.717) is 17.6 Å². The van der Waals surface area contributed by atoms with Gasteiger partial charge in [0.1, 0.15) is 0 Å². The topological polar surface area (TPSA) is 9.23 Å². The molecular formula is C10H17BrO. The number of alkyl halides is 1. The van der Waals surface area contributed by atoms with Gasteiger partial charge in [-0.05, 0) is 26.2 Å². The van der Waals surface area contributed by atoms with Crippen molar-refractivity contribution in [3.63, 3.8) is 0 Å². The Bertz CT molecular complexity index is 171. The highest BCUT2D eigenvalue weighted by atomic mass is 79.9. The van der Waals surface area contributed by atoms with Crippen LogP contribution < -0.4 is 0 Å². The zero-order valence-corrected chi connectivity index (χ0v) is 9.27. The number of halogens is 1. The molecule has 0 amide bonds. The lowest BCUT2D eigenvalue weighted by Gasteiger charge is -2.36. The Morgan fingerprint density at radius 2 is 2.33 bits per heavy atom. The van der Waals surface area contributed by atoms with Crippen LogP contribution in [0.5, 0.6) is 0 Å². The van der Waals surface area contributed by atoms with Gasteiger partial charge in [0.05, 0.1) is 12.2 Å². The van der Waals surface area contributed by atoms with Crippen molar-refractivity contribution in [1.29, 1.82) is 0 Å². The maximum Gasteiger partial charge on any atom is 0.0643 e. The molecule has 2 heteroatoms. The van der Waals surface area contributed by atoms with Crippen LogP contribution in [0, 0.1) is 5.41 Å². The molecule has 70 valence electrons. The smallest absolute Gasteiger partial charge is 0.0643 e. The van der Waals surface area contributed by atoms with Gasteiger partial charge in [-0.15, -0.1) is 0 Å². The van der Waals surface area contributed by atoms with Crippen LogP contribution in [-0.2, 0) is 4.74 Å². The van der Waals surface area contributed by atoms with Gasteiger partial charge in [0, 0.05) is 10.7 Å². The van der Waals surface area contributed by atoms with Crippen molar-refractivity contribution in [2.24, 2.45) is 5.41 Å². The lowest BCUT2D eigenvalue weighted by atomic mass is 9.72. The number of ether oxygens (including phenoxy) is 1. The van der Waals surface area contributed by atoms with Crippen molar-refractivity contribution in [2.75, 3.05) is 5.33 Å². The summed E-state index contributed by atoms with van der Waals surface area (Å²) in [5, 5.41) is 1.13. The number of hydrogen-bond donors (Lipinski definition) is 0. The number of hydrogen-bond acceptors (Lipinski definition) is 1. The third-order valence-electron chi connectivity index (χ3n) is 3.43. The standard InChI is InChI=1S/C10H17BrO/c1-8-6-10(7-11)5-3-2-4-9(10)12-8/h8-9H,2-7H2,1H3. The Morgan fingerprint density at radius 3 is 3.00 bits per heavy atom. The third kappa shape index (κ3) is 1.33. The molecule has 0 aromatic rings. The van der Waals surface area contributed by atoms with E-state index in [9.17, 15) is 0 Å². The fraction of sp³-hybridized carbons (Fsp3) is 1.00. The second-order valence-electron chi connectivity index (χ2n) is 4.38. The fourth-order valence-corrected chi connectivity index (χ4v) is 3.70. The second kappa shape index (κ2) is 3.30. The molecule has 12 heavy (non-hydrogen) atoms. The summed E-state index contributed by atoms with van der Waals surface area (Å²) in [6.45, 7) is 2.21. The van der Waals surface area contributed by atoms with E-state index in [2.05, 4.69) is 22.9 Å². The minimum absolute atomic E-state index is 0.491. The first-order valence-corrected chi connectivity index (χ1v) is 6.10. The Kier molecular flexibility index (Phi) is 2.48. The zero-order chi connectivity index (χ0) is 8.60. The van der Waals surface area contributed by atoms with E-state index >= 15 is 0 Å². The van der Waals surface area contributed by atoms with E-state index in [1.54, 1.807) is 0 Å². The molecule has 0 aromatic heterocycles. The molecule has 0 bridgehead atoms. The highest BCUT2D eigenvalue weighted by Gasteiger charge is 2.47. The summed E-state index contributed by atoms with van der Waals surface area (Å²) in [6, 6.07) is 0. The van der Waals surface area contributed by atoms with E-state index < -0.39 is 0 Å². The Balaban J connectivity index is 2.14. The highest BCUT2D eigenvalue weighted by Crippen LogP contribution is 2.48. The van der Waals surface area contributed by atoms with Gasteiger partial charge >= 0.3 is 0 Å². The Hall–Kier alpha value is 0.440. The van der Waals surface area contributed by atoms with Gasteiger partial charge in [0.25, 0.3) is 0 Å². The molecule has 0 radical (unpaired) electrons. The number of rotatable bonds is 1. The van der Waals surface area contributed by atoms with Crippen LogP contribution in [0.4, 0.5) is 0 Å². The molecule has 1 heterocycles. The summed E-state index contributed by atoms with van der Waals surface area (Å²) >= 11 is 3.66. The molecule has 2 fully saturated rings. The summed E-state index contributed by atoms with van der Waals surface area (Å²) in [5.74, 6) is 0. The van der Waals surface area contributed by atoms with Gasteiger partial charge in [0.15, 0.2) is 0 Å². The van der Waals surface area contributed by atoms with Crippen molar-refractivity contribution in [2.45, 2.75) is 51.2 Å². The van der Waals surface area contributed by atoms with Gasteiger partial charge in [-0.2, -0.15) is 0 Å². The average molecular weight is 233 g/mol. The number of fused-ring (bicyclic) bond motifs is 1. The van der Waals surface area contributed by atoms with Crippen molar-refractivity contribution in [3.8, 4) is 0 Å². The molecule has 1 nitrogen and oxygen atoms in total. The molecule has 0 spiro atoms. The minimum Gasteiger partial charge on any atom is -0.375 e. The summed E-state index contributed by atoms with van der Waals surface area (Å²) in [5.41, 5.74) is 0.498. The van der Waals surface area contributed by atoms with E-state index in [0.717, 1.165) is 5.33 Å². The largest absolute Gasteiger partial charge is 0.375 e. The molecule has 0 aromatic carbocycles. The SMILES string of the molecule is CC1CC2(CBr)CCCCC2O1. The quantitative estimate of drug-likeness (QED) is 0.632. The van der Waals surface area contributed by atoms with Crippen LogP contribution >= 0.6 is 15.9 Å². The maximum atomic E-state index is 5.93. The van der Waals surface area contributed by atoms with Gasteiger partial charge in [-0.1, -0.05) is 28.8 Å². The van der Waals surface area contributed by atoms with Crippen LogP contribution in [0.1, 0.15) is 39.0 Å². The molecule has 1 saturated carbocycles. The van der Waals surface area contributed by atoms with Crippen LogP contribution in [0.2, 0.25) is 0 Å². The highest BCUT2D eigenvalue weighted by molar-refractivity contribution is 9.09. The van der Waals surface area contributed by atoms with E-state index in [-0.39, 0.29) is 0 Å². The summed E-state index contributed by atoms with van der Waals surface area (Å²) in [4.78, 5) is 0. The molecular weight excluding hydrogens is 216 g/mol. The summed E-state index contributed by atoms with van der Waals surface area (Å²) in [6.07, 6.45) is 7.74. The van der Waals surface area contributed by atoms with E-state index in [1.807, 2.05) is 0 Å². The van der Waals surface area contributed by atoms with Gasteiger partial charge in [-0.25, -0.2) is 0 Å². The second-order valence-corrected chi connectivity index (χ2v) is 4.94. The first-order chi connectivity index (χ1) is 5.77. The third-order valence-corrected chi connectivity index (χ3v) is 4.55. The monoisotopic (exact) mass is 232 g/mol. The van der Waals surface area contributed by atoms with Gasteiger partial charge in [-0.3, -0.25) is 0 Å². The van der Waals surface area contributed by atoms with E-state index in [1.165, 1.54) is 32.1 Å². The zero-order valence-electron chi connectivity index (χ0n) is 7.68. The molecule has 3 unspecified atom stereocenters. The van der Waals surface area contributed by atoms with Crippen LogP contribution in [0.25, 0.3) is 0 Å². The maximum absolute atomic E-state index is 5.93. The van der Waals surface area contributed by atoms with Crippen LogP contribution in [0.3, 0.4) is 0 Å². The van der Waals surface area contributed by atoms with Crippen molar-refractivity contribution in [1.82, 2.24) is 0 Å². The first kappa shape index (κ1) is 9.01. The molecule has 1 saturated heterocycles. The van der Waals surface area contributed by atoms with Crippen LogP contribution in [-0.4, -0.2) is 17.5 Å². The predicted octanol–water partition coefficient (Wildman–Crippen LogP) is 3.12. The van der Waals surface area contributed by atoms with Crippen molar-refractivity contribution < 1.29 is 4.74 Å². The predicted molar refractivity (Wildman–Crippen MR) is 53.6 cm³/mol. The minimum atomic E-state index is 0.491. The normalized spacial score (nSPS) is 47.5. The molecule has 2 aliphatic rings. The fourth-order valence-electron chi connectivity index (χ4n) is 2.83. The lowest BCUT2D eigenvalue weighted by Crippen LogP contribution is -2.35. The summed E-state index contributed by atoms with van der Waals surface area (Å²) in [7, 11) is 0. The average Bonchev–Trinajstić information content (AvgIpc) is 2.41. The summed E-state index contributed by atoms with van der Waals surface area (Å²) < 4.78 is 5.93. The molecule has 0 N–H and O–H groups in total. The molecule has 2 rings (SSSR count). The van der Waals surface area contributed by atoms with Gasteiger partial charge < -0.3 is 4.74 Å². The molecule has 1 aliphatic carbocycles. The molecule has 3 atom stereocenters. The first-order valence-electron chi connectivity index (χ1n) is 4.98. The van der Waals surface area contributed by atoms with Crippen molar-refractivity contribution in [3.05, 3.63) is 0 Å². The van der Waals surface area contributed by atoms with Gasteiger partial charge in [0.2, 0.25) is 0 Å². The van der Waals surface area contributed by atoms with Crippen molar-refractivity contribution >= 4 is 15.9 Å². The lowest BCUT2D eigenvalue weighted by molar-refractivity contribution is 0.00208. The van der Waals surface area contributed by atoms with E-state index in [4.69, 9.17) is 4.74 Å².